The van der Waals surface area contributed by atoms with Gasteiger partial charge in [-0.1, -0.05) is 37.3 Å². The standard InChI is InChI=1S/C25H29NO4/c1-4-5-16-28-21-13-11-19(12-14-21)24(27)26-15-6-7-17-29-22-10-8-9-20-18-25(2,3)30-23(20)22/h8-14H,4-5,15-18H2,1-3H3,(H,26,27). The number of hydrogen-bond donors (Lipinski definition) is 1. The largest absolute Gasteiger partial charge is 0.494 e. The molecule has 1 heterocycles. The van der Waals surface area contributed by atoms with Gasteiger partial charge in [-0.2, -0.15) is 0 Å². The lowest BCUT2D eigenvalue weighted by Crippen LogP contribution is -2.24. The van der Waals surface area contributed by atoms with E-state index in [0.717, 1.165) is 36.3 Å². The summed E-state index contributed by atoms with van der Waals surface area (Å²) in [6.45, 7) is 7.43. The maximum Gasteiger partial charge on any atom is 0.252 e. The number of unbranched alkanes of at least 4 members (excludes halogenated alkanes) is 1. The van der Waals surface area contributed by atoms with Crippen LogP contribution < -0.4 is 19.5 Å². The molecule has 1 aliphatic heterocycles. The third kappa shape index (κ3) is 5.93. The van der Waals surface area contributed by atoms with Crippen molar-refractivity contribution >= 4 is 5.91 Å². The number of ether oxygens (including phenoxy) is 3. The van der Waals surface area contributed by atoms with Crippen molar-refractivity contribution in [3.05, 3.63) is 53.6 Å². The van der Waals surface area contributed by atoms with Gasteiger partial charge in [0.25, 0.3) is 5.91 Å². The maximum absolute atomic E-state index is 12.2. The zero-order chi connectivity index (χ0) is 21.4. The molecule has 0 aromatic heterocycles. The Morgan fingerprint density at radius 2 is 1.93 bits per heavy atom. The predicted octanol–water partition coefficient (Wildman–Crippen LogP) is 4.39. The van der Waals surface area contributed by atoms with E-state index >= 15 is 0 Å². The molecule has 2 aromatic rings. The highest BCUT2D eigenvalue weighted by Crippen LogP contribution is 2.41. The summed E-state index contributed by atoms with van der Waals surface area (Å²) in [6.07, 6.45) is 2.97. The van der Waals surface area contributed by atoms with Crippen LogP contribution in [0.15, 0.2) is 42.5 Å². The van der Waals surface area contributed by atoms with E-state index in [2.05, 4.69) is 44.0 Å². The smallest absolute Gasteiger partial charge is 0.252 e. The van der Waals surface area contributed by atoms with Gasteiger partial charge in [0.2, 0.25) is 0 Å². The predicted molar refractivity (Wildman–Crippen MR) is 117 cm³/mol. The van der Waals surface area contributed by atoms with Crippen LogP contribution in [0.2, 0.25) is 0 Å². The van der Waals surface area contributed by atoms with Crippen LogP contribution in [-0.2, 0) is 6.42 Å². The van der Waals surface area contributed by atoms with Gasteiger partial charge in [-0.05, 0) is 50.6 Å². The summed E-state index contributed by atoms with van der Waals surface area (Å²) in [7, 11) is 0. The van der Waals surface area contributed by atoms with Crippen molar-refractivity contribution in [3.63, 3.8) is 0 Å². The summed E-state index contributed by atoms with van der Waals surface area (Å²) in [5.41, 5.74) is 1.52. The number of carbonyl (C=O) groups is 1. The van der Waals surface area contributed by atoms with E-state index in [-0.39, 0.29) is 24.7 Å². The number of carbonyl (C=O) groups excluding carboxylic acids is 1. The molecule has 158 valence electrons. The molecule has 1 amide bonds. The van der Waals surface area contributed by atoms with Crippen LogP contribution in [0.1, 0.15) is 49.5 Å². The first-order chi connectivity index (χ1) is 14.5. The van der Waals surface area contributed by atoms with E-state index in [0.29, 0.717) is 17.9 Å². The third-order valence-corrected chi connectivity index (χ3v) is 4.70. The molecule has 5 nitrogen and oxygen atoms in total. The summed E-state index contributed by atoms with van der Waals surface area (Å²) in [4.78, 5) is 12.2. The number of nitrogens with one attached hydrogen (secondary N) is 1. The fourth-order valence-corrected chi connectivity index (χ4v) is 3.19. The number of amides is 1. The summed E-state index contributed by atoms with van der Waals surface area (Å²) in [5.74, 6) is 7.96. The van der Waals surface area contributed by atoms with Crippen LogP contribution in [0.25, 0.3) is 0 Å². The SMILES string of the molecule is CCCCOc1ccc(C(=O)NCC#CCOc2cccc3c2OC(C)(C)C3)cc1. The van der Waals surface area contributed by atoms with E-state index in [4.69, 9.17) is 14.2 Å². The number of fused-ring (bicyclic) bond motifs is 1. The highest BCUT2D eigenvalue weighted by molar-refractivity contribution is 5.94. The van der Waals surface area contributed by atoms with Crippen molar-refractivity contribution in [2.75, 3.05) is 19.8 Å². The highest BCUT2D eigenvalue weighted by Gasteiger charge is 2.32. The van der Waals surface area contributed by atoms with Gasteiger partial charge in [0.15, 0.2) is 11.5 Å². The van der Waals surface area contributed by atoms with Crippen LogP contribution in [0, 0.1) is 11.8 Å². The molecule has 0 spiro atoms. The third-order valence-electron chi connectivity index (χ3n) is 4.70. The molecule has 1 aliphatic rings. The van der Waals surface area contributed by atoms with E-state index < -0.39 is 0 Å². The van der Waals surface area contributed by atoms with Gasteiger partial charge in [-0.3, -0.25) is 4.79 Å². The first-order valence-electron chi connectivity index (χ1n) is 10.4. The molecule has 0 unspecified atom stereocenters. The number of benzene rings is 2. The van der Waals surface area contributed by atoms with Crippen molar-refractivity contribution in [1.82, 2.24) is 5.32 Å². The molecular formula is C25H29NO4. The molecule has 1 N–H and O–H groups in total. The highest BCUT2D eigenvalue weighted by atomic mass is 16.5. The Hall–Kier alpha value is -3.13. The summed E-state index contributed by atoms with van der Waals surface area (Å²) < 4.78 is 17.3. The fourth-order valence-electron chi connectivity index (χ4n) is 3.19. The van der Waals surface area contributed by atoms with Crippen molar-refractivity contribution < 1.29 is 19.0 Å². The van der Waals surface area contributed by atoms with Gasteiger partial charge in [0.1, 0.15) is 18.0 Å². The van der Waals surface area contributed by atoms with E-state index in [9.17, 15) is 4.79 Å². The minimum atomic E-state index is -0.211. The second-order valence-corrected chi connectivity index (χ2v) is 7.83. The van der Waals surface area contributed by atoms with Crippen molar-refractivity contribution in [2.24, 2.45) is 0 Å². The Morgan fingerprint density at radius 3 is 2.70 bits per heavy atom. The van der Waals surface area contributed by atoms with Crippen LogP contribution in [-0.4, -0.2) is 31.3 Å². The molecule has 0 fully saturated rings. The Morgan fingerprint density at radius 1 is 1.13 bits per heavy atom. The Labute approximate surface area is 178 Å². The lowest BCUT2D eigenvalue weighted by molar-refractivity contribution is 0.0958. The van der Waals surface area contributed by atoms with E-state index in [1.54, 1.807) is 12.1 Å². The van der Waals surface area contributed by atoms with Gasteiger partial charge < -0.3 is 19.5 Å². The minimum Gasteiger partial charge on any atom is -0.494 e. The number of hydrogen-bond acceptors (Lipinski definition) is 4. The quantitative estimate of drug-likeness (QED) is 0.521. The Balaban J connectivity index is 1.42. The van der Waals surface area contributed by atoms with E-state index in [1.807, 2.05) is 24.3 Å². The van der Waals surface area contributed by atoms with Gasteiger partial charge in [-0.15, -0.1) is 0 Å². The molecule has 30 heavy (non-hydrogen) atoms. The average molecular weight is 408 g/mol. The lowest BCUT2D eigenvalue weighted by Gasteiger charge is -2.17. The summed E-state index contributed by atoms with van der Waals surface area (Å²) in [6, 6.07) is 13.0. The van der Waals surface area contributed by atoms with Crippen molar-refractivity contribution in [1.29, 1.82) is 0 Å². The fraction of sp³-hybridized carbons (Fsp3) is 0.400. The molecule has 0 saturated carbocycles. The monoisotopic (exact) mass is 407 g/mol. The molecule has 0 radical (unpaired) electrons. The molecule has 0 saturated heterocycles. The van der Waals surface area contributed by atoms with E-state index in [1.165, 1.54) is 0 Å². The zero-order valence-electron chi connectivity index (χ0n) is 17.9. The number of rotatable bonds is 8. The number of para-hydroxylation sites is 1. The normalized spacial score (nSPS) is 13.4. The summed E-state index contributed by atoms with van der Waals surface area (Å²) >= 11 is 0. The first kappa shape index (κ1) is 21.6. The second-order valence-electron chi connectivity index (χ2n) is 7.83. The van der Waals surface area contributed by atoms with Crippen LogP contribution in [0.5, 0.6) is 17.2 Å². The topological polar surface area (TPSA) is 56.8 Å². The average Bonchev–Trinajstić information content (AvgIpc) is 3.05. The van der Waals surface area contributed by atoms with Crippen LogP contribution in [0.4, 0.5) is 0 Å². The van der Waals surface area contributed by atoms with Crippen molar-refractivity contribution in [2.45, 2.75) is 45.6 Å². The molecule has 0 atom stereocenters. The molecule has 0 bridgehead atoms. The zero-order valence-corrected chi connectivity index (χ0v) is 17.9. The Bertz CT molecular complexity index is 922. The summed E-state index contributed by atoms with van der Waals surface area (Å²) in [5, 5.41) is 2.79. The van der Waals surface area contributed by atoms with Crippen LogP contribution in [0.3, 0.4) is 0 Å². The minimum absolute atomic E-state index is 0.165. The molecule has 3 rings (SSSR count). The van der Waals surface area contributed by atoms with Gasteiger partial charge >= 0.3 is 0 Å². The second kappa shape index (κ2) is 10.1. The van der Waals surface area contributed by atoms with Gasteiger partial charge in [-0.25, -0.2) is 0 Å². The molecule has 0 aliphatic carbocycles. The molecular weight excluding hydrogens is 378 g/mol. The van der Waals surface area contributed by atoms with Gasteiger partial charge in [0.05, 0.1) is 13.2 Å². The lowest BCUT2D eigenvalue weighted by atomic mass is 10.0. The van der Waals surface area contributed by atoms with Crippen LogP contribution >= 0.6 is 0 Å². The molecule has 2 aromatic carbocycles. The van der Waals surface area contributed by atoms with Crippen molar-refractivity contribution in [3.8, 4) is 29.1 Å². The maximum atomic E-state index is 12.2. The Kier molecular flexibility index (Phi) is 7.24. The van der Waals surface area contributed by atoms with Gasteiger partial charge in [0, 0.05) is 17.5 Å². The first-order valence-corrected chi connectivity index (χ1v) is 10.4. The molecule has 5 heteroatoms.